The summed E-state index contributed by atoms with van der Waals surface area (Å²) < 4.78 is 5.84. The molecule has 1 aliphatic rings. The predicted molar refractivity (Wildman–Crippen MR) is 121 cm³/mol. The van der Waals surface area contributed by atoms with Gasteiger partial charge in [0.15, 0.2) is 0 Å². The molecule has 0 spiro atoms. The fourth-order valence-electron chi connectivity index (χ4n) is 3.79. The molecule has 2 atom stereocenters. The lowest BCUT2D eigenvalue weighted by atomic mass is 9.87. The molecule has 1 aliphatic heterocycles. The molecule has 0 radical (unpaired) electrons. The average Bonchev–Trinajstić information content (AvgIpc) is 3.30. The van der Waals surface area contributed by atoms with Gasteiger partial charge in [0.1, 0.15) is 0 Å². The molecule has 156 valence electrons. The first-order valence-corrected chi connectivity index (χ1v) is 11.1. The van der Waals surface area contributed by atoms with Gasteiger partial charge in [-0.3, -0.25) is 4.79 Å². The fourth-order valence-corrected chi connectivity index (χ4v) is 4.52. The summed E-state index contributed by atoms with van der Waals surface area (Å²) in [5, 5.41) is 8.41. The molecule has 0 N–H and O–H groups in total. The van der Waals surface area contributed by atoms with E-state index in [0.29, 0.717) is 11.1 Å². The van der Waals surface area contributed by atoms with Crippen LogP contribution < -0.4 is 4.90 Å². The van der Waals surface area contributed by atoms with Crippen molar-refractivity contribution in [1.29, 1.82) is 0 Å². The van der Waals surface area contributed by atoms with Gasteiger partial charge in [0.05, 0.1) is 5.25 Å². The second-order valence-electron chi connectivity index (χ2n) is 8.85. The number of hydrogen-bond acceptors (Lipinski definition) is 5. The number of rotatable bonds is 4. The number of carbonyl (C=O) groups excluding carboxylic acids is 1. The Morgan fingerprint density at radius 3 is 2.53 bits per heavy atom. The zero-order valence-corrected chi connectivity index (χ0v) is 18.9. The molecule has 0 unspecified atom stereocenters. The van der Waals surface area contributed by atoms with Crippen LogP contribution in [-0.2, 0) is 16.6 Å². The Hall–Kier alpha value is -2.60. The molecule has 0 saturated heterocycles. The van der Waals surface area contributed by atoms with Gasteiger partial charge >= 0.3 is 0 Å². The number of anilines is 1. The number of para-hydroxylation sites is 1. The van der Waals surface area contributed by atoms with Gasteiger partial charge in [-0.2, -0.15) is 0 Å². The lowest BCUT2D eigenvalue weighted by molar-refractivity contribution is -0.118. The number of nitrogens with zero attached hydrogens (tertiary/aromatic N) is 3. The molecule has 6 heteroatoms. The third kappa shape index (κ3) is 4.01. The van der Waals surface area contributed by atoms with Crippen molar-refractivity contribution in [3.8, 4) is 11.5 Å². The molecule has 5 nitrogen and oxygen atoms in total. The summed E-state index contributed by atoms with van der Waals surface area (Å²) in [4.78, 5) is 15.0. The number of amides is 1. The Bertz CT molecular complexity index is 1050. The van der Waals surface area contributed by atoms with Crippen molar-refractivity contribution in [2.45, 2.75) is 63.0 Å². The number of carbonyl (C=O) groups is 1. The monoisotopic (exact) mass is 421 g/mol. The standard InChI is InChI=1S/C24H27N3O2S/c1-15-14-18-8-6-7-9-20(18)27(15)22(28)16(2)30-23-26-25-21(29-23)17-10-12-19(13-11-17)24(3,4)5/h6-13,15-16H,14H2,1-5H3/t15-,16-/m1/s1. The van der Waals surface area contributed by atoms with Crippen LogP contribution in [0, 0.1) is 0 Å². The van der Waals surface area contributed by atoms with Crippen molar-refractivity contribution in [2.24, 2.45) is 0 Å². The molecule has 4 rings (SSSR count). The van der Waals surface area contributed by atoms with Crippen LogP contribution in [-0.4, -0.2) is 27.4 Å². The highest BCUT2D eigenvalue weighted by atomic mass is 32.2. The first-order chi connectivity index (χ1) is 14.2. The minimum Gasteiger partial charge on any atom is -0.411 e. The van der Waals surface area contributed by atoms with Crippen molar-refractivity contribution >= 4 is 23.4 Å². The van der Waals surface area contributed by atoms with E-state index in [1.807, 2.05) is 42.2 Å². The topological polar surface area (TPSA) is 59.2 Å². The summed E-state index contributed by atoms with van der Waals surface area (Å²) >= 11 is 1.31. The van der Waals surface area contributed by atoms with Crippen LogP contribution in [0.15, 0.2) is 58.2 Å². The summed E-state index contributed by atoms with van der Waals surface area (Å²) in [6, 6.07) is 16.4. The molecule has 0 bridgehead atoms. The predicted octanol–water partition coefficient (Wildman–Crippen LogP) is 5.49. The maximum atomic E-state index is 13.1. The summed E-state index contributed by atoms with van der Waals surface area (Å²) in [6.45, 7) is 10.5. The van der Waals surface area contributed by atoms with E-state index < -0.39 is 0 Å². The molecule has 3 aromatic rings. The Morgan fingerprint density at radius 2 is 1.83 bits per heavy atom. The van der Waals surface area contributed by atoms with Crippen molar-refractivity contribution in [2.75, 3.05) is 4.90 Å². The van der Waals surface area contributed by atoms with E-state index in [2.05, 4.69) is 56.1 Å². The zero-order valence-electron chi connectivity index (χ0n) is 18.0. The second kappa shape index (κ2) is 7.91. The van der Waals surface area contributed by atoms with E-state index in [4.69, 9.17) is 4.42 Å². The van der Waals surface area contributed by atoms with E-state index in [9.17, 15) is 4.79 Å². The quantitative estimate of drug-likeness (QED) is 0.521. The van der Waals surface area contributed by atoms with Crippen molar-refractivity contribution in [3.63, 3.8) is 0 Å². The van der Waals surface area contributed by atoms with E-state index >= 15 is 0 Å². The average molecular weight is 422 g/mol. The molecule has 0 aliphatic carbocycles. The van der Waals surface area contributed by atoms with E-state index in [-0.39, 0.29) is 22.6 Å². The number of thioether (sulfide) groups is 1. The molecule has 0 saturated carbocycles. The van der Waals surface area contributed by atoms with Crippen LogP contribution in [0.5, 0.6) is 0 Å². The molecular weight excluding hydrogens is 394 g/mol. The van der Waals surface area contributed by atoms with Crippen LogP contribution in [0.3, 0.4) is 0 Å². The highest BCUT2D eigenvalue weighted by Gasteiger charge is 2.34. The first kappa shape index (κ1) is 20.7. The van der Waals surface area contributed by atoms with Gasteiger partial charge in [0, 0.05) is 17.3 Å². The van der Waals surface area contributed by atoms with Gasteiger partial charge in [-0.05, 0) is 55.0 Å². The largest absolute Gasteiger partial charge is 0.411 e. The van der Waals surface area contributed by atoms with Crippen LogP contribution in [0.4, 0.5) is 5.69 Å². The third-order valence-corrected chi connectivity index (χ3v) is 6.40. The summed E-state index contributed by atoms with van der Waals surface area (Å²) in [5.41, 5.74) is 4.44. The number of hydrogen-bond donors (Lipinski definition) is 0. The van der Waals surface area contributed by atoms with Gasteiger partial charge in [0.2, 0.25) is 11.8 Å². The summed E-state index contributed by atoms with van der Waals surface area (Å²) in [6.07, 6.45) is 0.883. The van der Waals surface area contributed by atoms with Gasteiger partial charge in [0.25, 0.3) is 5.22 Å². The maximum Gasteiger partial charge on any atom is 0.277 e. The first-order valence-electron chi connectivity index (χ1n) is 10.3. The highest BCUT2D eigenvalue weighted by Crippen LogP contribution is 2.35. The number of fused-ring (bicyclic) bond motifs is 1. The third-order valence-electron chi connectivity index (χ3n) is 5.47. The smallest absolute Gasteiger partial charge is 0.277 e. The number of aromatic nitrogens is 2. The Kier molecular flexibility index (Phi) is 5.45. The lowest BCUT2D eigenvalue weighted by Gasteiger charge is -2.25. The molecule has 1 amide bonds. The zero-order chi connectivity index (χ0) is 21.5. The van der Waals surface area contributed by atoms with E-state index in [0.717, 1.165) is 17.7 Å². The van der Waals surface area contributed by atoms with Crippen molar-refractivity contribution in [3.05, 3.63) is 59.7 Å². The van der Waals surface area contributed by atoms with Crippen LogP contribution in [0.1, 0.15) is 45.7 Å². The molecule has 30 heavy (non-hydrogen) atoms. The van der Waals surface area contributed by atoms with Crippen LogP contribution in [0.2, 0.25) is 0 Å². The van der Waals surface area contributed by atoms with Gasteiger partial charge in [-0.15, -0.1) is 10.2 Å². The van der Waals surface area contributed by atoms with Gasteiger partial charge < -0.3 is 9.32 Å². The lowest BCUT2D eigenvalue weighted by Crippen LogP contribution is -2.40. The SMILES string of the molecule is C[C@@H]1Cc2ccccc2N1C(=O)[C@@H](C)Sc1nnc(-c2ccc(C(C)(C)C)cc2)o1. The number of benzene rings is 2. The molecule has 1 aromatic heterocycles. The molecule has 0 fully saturated rings. The normalized spacial score (nSPS) is 17.1. The highest BCUT2D eigenvalue weighted by molar-refractivity contribution is 8.00. The van der Waals surface area contributed by atoms with Gasteiger partial charge in [-0.1, -0.05) is 62.9 Å². The van der Waals surface area contributed by atoms with E-state index in [1.165, 1.54) is 22.9 Å². The minimum atomic E-state index is -0.324. The van der Waals surface area contributed by atoms with Gasteiger partial charge in [-0.25, -0.2) is 0 Å². The maximum absolute atomic E-state index is 13.1. The molecular formula is C24H27N3O2S. The summed E-state index contributed by atoms with van der Waals surface area (Å²) in [7, 11) is 0. The van der Waals surface area contributed by atoms with Crippen LogP contribution in [0.25, 0.3) is 11.5 Å². The Morgan fingerprint density at radius 1 is 1.13 bits per heavy atom. The summed E-state index contributed by atoms with van der Waals surface area (Å²) in [5.74, 6) is 0.532. The molecule has 2 aromatic carbocycles. The van der Waals surface area contributed by atoms with E-state index in [1.54, 1.807) is 0 Å². The van der Waals surface area contributed by atoms with Crippen molar-refractivity contribution < 1.29 is 9.21 Å². The second-order valence-corrected chi connectivity index (χ2v) is 10.1. The molecule has 2 heterocycles. The fraction of sp³-hybridized carbons (Fsp3) is 0.375. The Balaban J connectivity index is 1.47. The van der Waals surface area contributed by atoms with Crippen LogP contribution >= 0.6 is 11.8 Å². The Labute approximate surface area is 181 Å². The van der Waals surface area contributed by atoms with Crippen molar-refractivity contribution in [1.82, 2.24) is 10.2 Å². The minimum absolute atomic E-state index is 0.0618.